The summed E-state index contributed by atoms with van der Waals surface area (Å²) in [7, 11) is 1.58. The molecular weight excluding hydrogens is 240 g/mol. The molecule has 0 bridgehead atoms. The molecule has 0 aliphatic rings. The molecule has 1 aromatic heterocycles. The Hall–Kier alpha value is -1.65. The highest BCUT2D eigenvalue weighted by Crippen LogP contribution is 2.19. The normalized spacial score (nSPS) is 12.6. The van der Waals surface area contributed by atoms with Crippen LogP contribution in [0.1, 0.15) is 11.3 Å². The Kier molecular flexibility index (Phi) is 4.35. The lowest BCUT2D eigenvalue weighted by Crippen LogP contribution is -2.22. The van der Waals surface area contributed by atoms with Gasteiger partial charge in [0.25, 0.3) is 0 Å². The zero-order chi connectivity index (χ0) is 13.8. The van der Waals surface area contributed by atoms with Crippen LogP contribution in [0.15, 0.2) is 24.3 Å². The summed E-state index contributed by atoms with van der Waals surface area (Å²) >= 11 is 0. The predicted molar refractivity (Wildman–Crippen MR) is 73.9 cm³/mol. The third kappa shape index (κ3) is 3.43. The summed E-state index contributed by atoms with van der Waals surface area (Å²) in [5.41, 5.74) is 4.06. The summed E-state index contributed by atoms with van der Waals surface area (Å²) in [4.78, 5) is 0. The SMILES string of the molecule is COCC(O)Cn1nc(-c2c[c]c(C)cc2)cc1C. The number of benzene rings is 1. The van der Waals surface area contributed by atoms with E-state index in [0.717, 1.165) is 22.5 Å². The second-order valence-corrected chi connectivity index (χ2v) is 4.72. The molecule has 0 saturated heterocycles. The molecule has 0 fully saturated rings. The third-order valence-corrected chi connectivity index (χ3v) is 2.99. The fraction of sp³-hybridized carbons (Fsp3) is 0.400. The molecule has 0 amide bonds. The van der Waals surface area contributed by atoms with Crippen LogP contribution in [0.2, 0.25) is 0 Å². The van der Waals surface area contributed by atoms with E-state index in [4.69, 9.17) is 4.74 Å². The van der Waals surface area contributed by atoms with Crippen molar-refractivity contribution in [2.75, 3.05) is 13.7 Å². The molecule has 0 spiro atoms. The van der Waals surface area contributed by atoms with Crippen LogP contribution in [0.3, 0.4) is 0 Å². The van der Waals surface area contributed by atoms with Crippen molar-refractivity contribution >= 4 is 0 Å². The molecule has 4 heteroatoms. The molecule has 0 aliphatic carbocycles. The molecule has 101 valence electrons. The van der Waals surface area contributed by atoms with Gasteiger partial charge in [-0.2, -0.15) is 5.10 Å². The van der Waals surface area contributed by atoms with Crippen molar-refractivity contribution in [2.45, 2.75) is 26.5 Å². The van der Waals surface area contributed by atoms with Crippen molar-refractivity contribution in [3.8, 4) is 11.3 Å². The monoisotopic (exact) mass is 259 g/mol. The number of methoxy groups -OCH3 is 1. The van der Waals surface area contributed by atoms with Crippen molar-refractivity contribution in [1.82, 2.24) is 9.78 Å². The number of rotatable bonds is 5. The number of aromatic nitrogens is 2. The molecule has 1 atom stereocenters. The molecule has 0 saturated carbocycles. The van der Waals surface area contributed by atoms with E-state index in [1.807, 2.05) is 38.1 Å². The Bertz CT molecular complexity index is 532. The summed E-state index contributed by atoms with van der Waals surface area (Å²) in [5.74, 6) is 0. The van der Waals surface area contributed by atoms with Crippen LogP contribution in [0, 0.1) is 19.9 Å². The fourth-order valence-electron chi connectivity index (χ4n) is 1.94. The maximum Gasteiger partial charge on any atom is 0.0968 e. The van der Waals surface area contributed by atoms with Crippen molar-refractivity contribution in [3.05, 3.63) is 41.6 Å². The van der Waals surface area contributed by atoms with Gasteiger partial charge < -0.3 is 9.84 Å². The second-order valence-electron chi connectivity index (χ2n) is 4.72. The zero-order valence-electron chi connectivity index (χ0n) is 11.6. The van der Waals surface area contributed by atoms with E-state index in [1.165, 1.54) is 0 Å². The first-order valence-electron chi connectivity index (χ1n) is 6.30. The minimum atomic E-state index is -0.541. The van der Waals surface area contributed by atoms with E-state index in [-0.39, 0.29) is 0 Å². The van der Waals surface area contributed by atoms with Gasteiger partial charge in [-0.1, -0.05) is 12.1 Å². The first-order chi connectivity index (χ1) is 9.10. The van der Waals surface area contributed by atoms with Gasteiger partial charge in [-0.3, -0.25) is 4.68 Å². The van der Waals surface area contributed by atoms with Gasteiger partial charge in [0.15, 0.2) is 0 Å². The van der Waals surface area contributed by atoms with E-state index in [9.17, 15) is 5.11 Å². The molecule has 1 N–H and O–H groups in total. The summed E-state index contributed by atoms with van der Waals surface area (Å²) in [6.45, 7) is 4.74. The number of ether oxygens (including phenoxy) is 1. The van der Waals surface area contributed by atoms with Gasteiger partial charge in [0.2, 0.25) is 0 Å². The van der Waals surface area contributed by atoms with Crippen molar-refractivity contribution in [2.24, 2.45) is 0 Å². The lowest BCUT2D eigenvalue weighted by Gasteiger charge is -2.10. The minimum absolute atomic E-state index is 0.312. The Morgan fingerprint density at radius 1 is 1.42 bits per heavy atom. The molecule has 1 radical (unpaired) electrons. The number of aliphatic hydroxyl groups excluding tert-OH is 1. The topological polar surface area (TPSA) is 47.3 Å². The van der Waals surface area contributed by atoms with E-state index in [1.54, 1.807) is 11.8 Å². The summed E-state index contributed by atoms with van der Waals surface area (Å²) < 4.78 is 6.73. The zero-order valence-corrected chi connectivity index (χ0v) is 11.6. The summed E-state index contributed by atoms with van der Waals surface area (Å²) in [6.07, 6.45) is -0.541. The Morgan fingerprint density at radius 3 is 2.84 bits per heavy atom. The molecular formula is C15H19N2O2. The van der Waals surface area contributed by atoms with Crippen LogP contribution in [0.5, 0.6) is 0 Å². The van der Waals surface area contributed by atoms with Crippen LogP contribution in [0.25, 0.3) is 11.3 Å². The highest BCUT2D eigenvalue weighted by Gasteiger charge is 2.10. The average Bonchev–Trinajstić information content (AvgIpc) is 2.72. The number of aryl methyl sites for hydroxylation is 2. The molecule has 1 aromatic carbocycles. The van der Waals surface area contributed by atoms with Crippen LogP contribution in [-0.2, 0) is 11.3 Å². The van der Waals surface area contributed by atoms with Gasteiger partial charge in [0, 0.05) is 18.4 Å². The summed E-state index contributed by atoms with van der Waals surface area (Å²) in [6, 6.07) is 11.2. The number of hydrogen-bond donors (Lipinski definition) is 1. The van der Waals surface area contributed by atoms with Gasteiger partial charge in [0.1, 0.15) is 0 Å². The quantitative estimate of drug-likeness (QED) is 0.893. The molecule has 1 heterocycles. The number of hydrogen-bond acceptors (Lipinski definition) is 3. The number of aliphatic hydroxyl groups is 1. The van der Waals surface area contributed by atoms with Gasteiger partial charge in [-0.05, 0) is 37.6 Å². The second kappa shape index (κ2) is 5.99. The summed E-state index contributed by atoms with van der Waals surface area (Å²) in [5, 5.41) is 14.3. The van der Waals surface area contributed by atoms with Crippen LogP contribution >= 0.6 is 0 Å². The van der Waals surface area contributed by atoms with Crippen molar-refractivity contribution in [3.63, 3.8) is 0 Å². The molecule has 0 aliphatic heterocycles. The number of nitrogens with zero attached hydrogens (tertiary/aromatic N) is 2. The van der Waals surface area contributed by atoms with Gasteiger partial charge >= 0.3 is 0 Å². The maximum absolute atomic E-state index is 9.75. The molecule has 2 rings (SSSR count). The van der Waals surface area contributed by atoms with Crippen LogP contribution < -0.4 is 0 Å². The third-order valence-electron chi connectivity index (χ3n) is 2.99. The van der Waals surface area contributed by atoms with Gasteiger partial charge in [-0.15, -0.1) is 0 Å². The Morgan fingerprint density at radius 2 is 2.21 bits per heavy atom. The van der Waals surface area contributed by atoms with E-state index < -0.39 is 6.10 Å². The molecule has 1 unspecified atom stereocenters. The molecule has 4 nitrogen and oxygen atoms in total. The Labute approximate surface area is 113 Å². The average molecular weight is 259 g/mol. The standard InChI is InChI=1S/C15H19N2O2/c1-11-4-6-13(7-5-11)15-8-12(2)17(16-15)9-14(18)10-19-3/h4,6-8,14,18H,9-10H2,1-3H3. The van der Waals surface area contributed by atoms with Crippen molar-refractivity contribution < 1.29 is 9.84 Å². The largest absolute Gasteiger partial charge is 0.389 e. The van der Waals surface area contributed by atoms with Gasteiger partial charge in [0.05, 0.1) is 24.9 Å². The lowest BCUT2D eigenvalue weighted by atomic mass is 10.1. The molecule has 2 aromatic rings. The smallest absolute Gasteiger partial charge is 0.0968 e. The highest BCUT2D eigenvalue weighted by molar-refractivity contribution is 5.59. The fourth-order valence-corrected chi connectivity index (χ4v) is 1.94. The van der Waals surface area contributed by atoms with Crippen LogP contribution in [0.4, 0.5) is 0 Å². The minimum Gasteiger partial charge on any atom is -0.389 e. The Balaban J connectivity index is 2.18. The van der Waals surface area contributed by atoms with E-state index in [2.05, 4.69) is 11.2 Å². The highest BCUT2D eigenvalue weighted by atomic mass is 16.5. The van der Waals surface area contributed by atoms with Gasteiger partial charge in [-0.25, -0.2) is 0 Å². The first kappa shape index (κ1) is 13.8. The van der Waals surface area contributed by atoms with E-state index in [0.29, 0.717) is 13.2 Å². The first-order valence-corrected chi connectivity index (χ1v) is 6.30. The van der Waals surface area contributed by atoms with Crippen molar-refractivity contribution in [1.29, 1.82) is 0 Å². The molecule has 19 heavy (non-hydrogen) atoms. The maximum atomic E-state index is 9.75. The lowest BCUT2D eigenvalue weighted by molar-refractivity contribution is 0.0510. The van der Waals surface area contributed by atoms with E-state index >= 15 is 0 Å². The predicted octanol–water partition coefficient (Wildman–Crippen LogP) is 1.97. The van der Waals surface area contributed by atoms with Crippen LogP contribution in [-0.4, -0.2) is 34.7 Å².